The average molecular weight is 196 g/mol. The molecule has 0 aromatic heterocycles. The lowest BCUT2D eigenvalue weighted by atomic mass is 9.85. The Morgan fingerprint density at radius 2 is 2.00 bits per heavy atom. The van der Waals surface area contributed by atoms with Crippen LogP contribution in [0.2, 0.25) is 0 Å². The van der Waals surface area contributed by atoms with E-state index in [2.05, 4.69) is 37.6 Å². The molecule has 1 heterocycles. The lowest BCUT2D eigenvalue weighted by Crippen LogP contribution is -2.37. The second-order valence-electron chi connectivity index (χ2n) is 5.37. The van der Waals surface area contributed by atoms with Gasteiger partial charge in [0.15, 0.2) is 0 Å². The van der Waals surface area contributed by atoms with Gasteiger partial charge in [-0.3, -0.25) is 4.99 Å². The van der Waals surface area contributed by atoms with Crippen molar-refractivity contribution in [2.75, 3.05) is 13.6 Å². The van der Waals surface area contributed by atoms with Crippen LogP contribution < -0.4 is 0 Å². The minimum Gasteiger partial charge on any atom is -0.358 e. The smallest absolute Gasteiger partial charge is 0.0993 e. The van der Waals surface area contributed by atoms with E-state index in [1.165, 1.54) is 25.2 Å². The fraction of sp³-hybridized carbons (Fsp3) is 0.917. The number of likely N-dealkylation sites (tertiary alicyclic amines) is 1. The predicted octanol–water partition coefficient (Wildman–Crippen LogP) is 2.94. The van der Waals surface area contributed by atoms with Crippen LogP contribution in [0.15, 0.2) is 4.99 Å². The summed E-state index contributed by atoms with van der Waals surface area (Å²) >= 11 is 0. The summed E-state index contributed by atoms with van der Waals surface area (Å²) in [6.07, 6.45) is 3.74. The van der Waals surface area contributed by atoms with Crippen LogP contribution in [0.4, 0.5) is 0 Å². The number of hydrogen-bond acceptors (Lipinski definition) is 1. The van der Waals surface area contributed by atoms with Crippen LogP contribution in [-0.2, 0) is 0 Å². The Hall–Kier alpha value is -0.530. The number of rotatable bonds is 1. The summed E-state index contributed by atoms with van der Waals surface area (Å²) in [5, 5.41) is 0. The van der Waals surface area contributed by atoms with E-state index in [0.29, 0.717) is 11.5 Å². The maximum Gasteiger partial charge on any atom is 0.0993 e. The summed E-state index contributed by atoms with van der Waals surface area (Å²) in [7, 11) is 1.92. The first kappa shape index (κ1) is 11.5. The Morgan fingerprint density at radius 3 is 2.50 bits per heavy atom. The predicted molar refractivity (Wildman–Crippen MR) is 62.8 cm³/mol. The van der Waals surface area contributed by atoms with Crippen LogP contribution >= 0.6 is 0 Å². The summed E-state index contributed by atoms with van der Waals surface area (Å²) in [5.74, 6) is 1.29. The van der Waals surface area contributed by atoms with E-state index in [9.17, 15) is 0 Å². The summed E-state index contributed by atoms with van der Waals surface area (Å²) < 4.78 is 0. The van der Waals surface area contributed by atoms with Crippen molar-refractivity contribution in [3.63, 3.8) is 0 Å². The molecule has 0 radical (unpaired) electrons. The van der Waals surface area contributed by atoms with Crippen LogP contribution in [0.1, 0.15) is 47.0 Å². The summed E-state index contributed by atoms with van der Waals surface area (Å²) in [4.78, 5) is 6.90. The zero-order valence-electron chi connectivity index (χ0n) is 10.3. The largest absolute Gasteiger partial charge is 0.358 e. The fourth-order valence-corrected chi connectivity index (χ4v) is 2.24. The highest BCUT2D eigenvalue weighted by atomic mass is 15.2. The van der Waals surface area contributed by atoms with E-state index in [1.54, 1.807) is 0 Å². The van der Waals surface area contributed by atoms with E-state index in [-0.39, 0.29) is 0 Å². The van der Waals surface area contributed by atoms with Gasteiger partial charge in [0, 0.05) is 26.1 Å². The van der Waals surface area contributed by atoms with Gasteiger partial charge in [-0.15, -0.1) is 0 Å². The maximum atomic E-state index is 4.45. The van der Waals surface area contributed by atoms with Gasteiger partial charge >= 0.3 is 0 Å². The highest BCUT2D eigenvalue weighted by molar-refractivity contribution is 5.83. The molecule has 2 nitrogen and oxygen atoms in total. The maximum absolute atomic E-state index is 4.45. The van der Waals surface area contributed by atoms with E-state index in [4.69, 9.17) is 0 Å². The highest BCUT2D eigenvalue weighted by Gasteiger charge is 2.27. The number of aliphatic imine (C=N–C) groups is 1. The van der Waals surface area contributed by atoms with Crippen LogP contribution in [0.5, 0.6) is 0 Å². The van der Waals surface area contributed by atoms with Crippen molar-refractivity contribution in [2.45, 2.75) is 53.0 Å². The Bertz CT molecular complexity index is 216. The number of hydrogen-bond donors (Lipinski definition) is 0. The van der Waals surface area contributed by atoms with Crippen molar-refractivity contribution in [2.24, 2.45) is 10.4 Å². The molecule has 0 unspecified atom stereocenters. The molecule has 0 bridgehead atoms. The minimum absolute atomic E-state index is 0.429. The molecule has 0 N–H and O–H groups in total. The molecular weight excluding hydrogens is 172 g/mol. The second kappa shape index (κ2) is 4.33. The molecule has 2 heteroatoms. The third-order valence-corrected chi connectivity index (χ3v) is 3.10. The van der Waals surface area contributed by atoms with Crippen molar-refractivity contribution in [3.8, 4) is 0 Å². The van der Waals surface area contributed by atoms with Gasteiger partial charge in [-0.1, -0.05) is 13.8 Å². The van der Waals surface area contributed by atoms with Crippen molar-refractivity contribution in [1.29, 1.82) is 0 Å². The van der Waals surface area contributed by atoms with Crippen molar-refractivity contribution < 1.29 is 0 Å². The van der Waals surface area contributed by atoms with Gasteiger partial charge < -0.3 is 4.90 Å². The van der Waals surface area contributed by atoms with E-state index >= 15 is 0 Å². The zero-order chi connectivity index (χ0) is 10.8. The Kier molecular flexibility index (Phi) is 3.57. The van der Waals surface area contributed by atoms with Crippen molar-refractivity contribution in [3.05, 3.63) is 0 Å². The van der Waals surface area contributed by atoms with Crippen molar-refractivity contribution >= 4 is 5.84 Å². The molecule has 0 aromatic carbocycles. The normalized spacial score (nSPS) is 25.6. The average Bonchev–Trinajstić information content (AvgIpc) is 2.22. The summed E-state index contributed by atoms with van der Waals surface area (Å²) in [5.41, 5.74) is 0.429. The minimum atomic E-state index is 0.429. The molecule has 82 valence electrons. The van der Waals surface area contributed by atoms with Gasteiger partial charge in [-0.05, 0) is 32.1 Å². The number of amidine groups is 1. The molecule has 0 amide bonds. The molecule has 1 saturated heterocycles. The van der Waals surface area contributed by atoms with E-state index in [1.807, 2.05) is 7.05 Å². The van der Waals surface area contributed by atoms with Gasteiger partial charge in [0.25, 0.3) is 0 Å². The lowest BCUT2D eigenvalue weighted by Gasteiger charge is -2.29. The van der Waals surface area contributed by atoms with Crippen LogP contribution in [0, 0.1) is 5.41 Å². The Balaban J connectivity index is 2.81. The monoisotopic (exact) mass is 196 g/mol. The quantitative estimate of drug-likeness (QED) is 0.629. The molecule has 0 atom stereocenters. The van der Waals surface area contributed by atoms with Gasteiger partial charge in [0.2, 0.25) is 0 Å². The molecule has 1 rings (SSSR count). The summed E-state index contributed by atoms with van der Waals surface area (Å²) in [6, 6.07) is 0.586. The first-order valence-corrected chi connectivity index (χ1v) is 5.68. The van der Waals surface area contributed by atoms with Crippen molar-refractivity contribution in [1.82, 2.24) is 4.90 Å². The van der Waals surface area contributed by atoms with Crippen LogP contribution in [-0.4, -0.2) is 30.4 Å². The number of nitrogens with zero attached hydrogens (tertiary/aromatic N) is 2. The molecule has 0 aliphatic carbocycles. The van der Waals surface area contributed by atoms with Gasteiger partial charge in [0.05, 0.1) is 5.84 Å². The third-order valence-electron chi connectivity index (χ3n) is 3.10. The second-order valence-corrected chi connectivity index (χ2v) is 5.37. The molecule has 1 fully saturated rings. The fourth-order valence-electron chi connectivity index (χ4n) is 2.24. The topological polar surface area (TPSA) is 15.6 Å². The SMILES string of the molecule is C/N=C1/CC(C)(C)CCCN1C(C)C. The van der Waals surface area contributed by atoms with E-state index in [0.717, 1.165) is 6.42 Å². The Labute approximate surface area is 88.4 Å². The highest BCUT2D eigenvalue weighted by Crippen LogP contribution is 2.31. The lowest BCUT2D eigenvalue weighted by molar-refractivity contribution is 0.336. The molecule has 0 aromatic rings. The standard InChI is InChI=1S/C12H24N2/c1-10(2)14-8-6-7-12(3,4)9-11(14)13-5/h10H,6-9H2,1-5H3/b13-11-. The third kappa shape index (κ3) is 2.73. The van der Waals surface area contributed by atoms with Gasteiger partial charge in [-0.2, -0.15) is 0 Å². The first-order valence-electron chi connectivity index (χ1n) is 5.68. The zero-order valence-corrected chi connectivity index (χ0v) is 10.3. The van der Waals surface area contributed by atoms with Crippen LogP contribution in [0.25, 0.3) is 0 Å². The van der Waals surface area contributed by atoms with E-state index < -0.39 is 0 Å². The molecular formula is C12H24N2. The molecule has 14 heavy (non-hydrogen) atoms. The molecule has 1 aliphatic heterocycles. The van der Waals surface area contributed by atoms with Gasteiger partial charge in [0.1, 0.15) is 0 Å². The molecule has 0 spiro atoms. The first-order chi connectivity index (χ1) is 6.46. The van der Waals surface area contributed by atoms with Crippen LogP contribution in [0.3, 0.4) is 0 Å². The molecule has 0 saturated carbocycles. The summed E-state index contributed by atoms with van der Waals surface area (Å²) in [6.45, 7) is 10.4. The Morgan fingerprint density at radius 1 is 1.36 bits per heavy atom. The van der Waals surface area contributed by atoms with Gasteiger partial charge in [-0.25, -0.2) is 0 Å². The molecule has 1 aliphatic rings.